The van der Waals surface area contributed by atoms with Gasteiger partial charge in [0.25, 0.3) is 5.91 Å². The SMILES string of the molecule is CC1CN(Cc2ccc(C(=O)Nc3cccnc3N3CCOCC3)cc2)CC(C)O1. The van der Waals surface area contributed by atoms with E-state index in [0.717, 1.165) is 44.2 Å². The number of anilines is 2. The summed E-state index contributed by atoms with van der Waals surface area (Å²) < 4.78 is 11.2. The molecule has 0 saturated carbocycles. The Balaban J connectivity index is 1.40. The standard InChI is InChI=1S/C23H30N4O3/c1-17-14-26(15-18(2)30-17)16-19-5-7-20(8-6-19)23(28)25-21-4-3-9-24-22(21)27-10-12-29-13-11-27/h3-9,17-18H,10-16H2,1-2H3,(H,25,28). The van der Waals surface area contributed by atoms with Crippen LogP contribution in [0.5, 0.6) is 0 Å². The van der Waals surface area contributed by atoms with Crippen LogP contribution in [0, 0.1) is 0 Å². The van der Waals surface area contributed by atoms with Gasteiger partial charge in [-0.15, -0.1) is 0 Å². The molecule has 0 bridgehead atoms. The molecule has 7 heteroatoms. The number of morpholine rings is 2. The van der Waals surface area contributed by atoms with Crippen molar-refractivity contribution in [3.63, 3.8) is 0 Å². The van der Waals surface area contributed by atoms with E-state index in [4.69, 9.17) is 9.47 Å². The predicted molar refractivity (Wildman–Crippen MR) is 117 cm³/mol. The van der Waals surface area contributed by atoms with Gasteiger partial charge < -0.3 is 19.7 Å². The molecular formula is C23H30N4O3. The average molecular weight is 411 g/mol. The van der Waals surface area contributed by atoms with Gasteiger partial charge in [-0.05, 0) is 43.7 Å². The normalized spacial score (nSPS) is 22.7. The highest BCUT2D eigenvalue weighted by molar-refractivity contribution is 6.05. The molecule has 0 aliphatic carbocycles. The lowest BCUT2D eigenvalue weighted by molar-refractivity contribution is -0.0704. The van der Waals surface area contributed by atoms with Gasteiger partial charge in [-0.1, -0.05) is 12.1 Å². The molecule has 160 valence electrons. The van der Waals surface area contributed by atoms with Crippen LogP contribution in [0.1, 0.15) is 29.8 Å². The van der Waals surface area contributed by atoms with E-state index in [2.05, 4.69) is 33.9 Å². The van der Waals surface area contributed by atoms with Gasteiger partial charge in [0.05, 0.1) is 31.1 Å². The summed E-state index contributed by atoms with van der Waals surface area (Å²) in [5.41, 5.74) is 2.56. The quantitative estimate of drug-likeness (QED) is 0.818. The Labute approximate surface area is 178 Å². The van der Waals surface area contributed by atoms with Crippen molar-refractivity contribution in [2.24, 2.45) is 0 Å². The van der Waals surface area contributed by atoms with E-state index in [1.54, 1.807) is 6.20 Å². The first-order valence-corrected chi connectivity index (χ1v) is 10.6. The number of hydrogen-bond donors (Lipinski definition) is 1. The van der Waals surface area contributed by atoms with Crippen molar-refractivity contribution in [3.8, 4) is 0 Å². The summed E-state index contributed by atoms with van der Waals surface area (Å²) >= 11 is 0. The molecule has 1 aromatic carbocycles. The molecule has 2 fully saturated rings. The highest BCUT2D eigenvalue weighted by atomic mass is 16.5. The summed E-state index contributed by atoms with van der Waals surface area (Å²) in [5, 5.41) is 3.03. The highest BCUT2D eigenvalue weighted by Gasteiger charge is 2.22. The Morgan fingerprint density at radius 1 is 1.10 bits per heavy atom. The largest absolute Gasteiger partial charge is 0.378 e. The van der Waals surface area contributed by atoms with Crippen LogP contribution in [0.2, 0.25) is 0 Å². The molecule has 2 saturated heterocycles. The fourth-order valence-electron chi connectivity index (χ4n) is 4.15. The Bertz CT molecular complexity index is 842. The fraction of sp³-hybridized carbons (Fsp3) is 0.478. The van der Waals surface area contributed by atoms with Gasteiger partial charge in [-0.3, -0.25) is 9.69 Å². The topological polar surface area (TPSA) is 66.9 Å². The van der Waals surface area contributed by atoms with E-state index >= 15 is 0 Å². The molecule has 2 aliphatic heterocycles. The summed E-state index contributed by atoms with van der Waals surface area (Å²) in [6.07, 6.45) is 2.25. The van der Waals surface area contributed by atoms with E-state index in [0.29, 0.717) is 18.8 Å². The van der Waals surface area contributed by atoms with Crippen LogP contribution in [0.4, 0.5) is 11.5 Å². The average Bonchev–Trinajstić information content (AvgIpc) is 2.74. The van der Waals surface area contributed by atoms with Crippen LogP contribution >= 0.6 is 0 Å². The van der Waals surface area contributed by atoms with Crippen molar-refractivity contribution in [1.82, 2.24) is 9.88 Å². The molecule has 4 rings (SSSR count). The second-order valence-electron chi connectivity index (χ2n) is 8.08. The molecule has 0 radical (unpaired) electrons. The summed E-state index contributed by atoms with van der Waals surface area (Å²) in [7, 11) is 0. The maximum absolute atomic E-state index is 12.8. The van der Waals surface area contributed by atoms with Crippen LogP contribution in [0.25, 0.3) is 0 Å². The van der Waals surface area contributed by atoms with Gasteiger partial charge in [0.1, 0.15) is 0 Å². The van der Waals surface area contributed by atoms with Gasteiger partial charge in [-0.25, -0.2) is 4.98 Å². The minimum Gasteiger partial charge on any atom is -0.378 e. The van der Waals surface area contributed by atoms with E-state index in [1.807, 2.05) is 36.4 Å². The third-order valence-electron chi connectivity index (χ3n) is 5.46. The van der Waals surface area contributed by atoms with Gasteiger partial charge in [0.2, 0.25) is 0 Å². The van der Waals surface area contributed by atoms with Crippen LogP contribution < -0.4 is 10.2 Å². The van der Waals surface area contributed by atoms with E-state index in [-0.39, 0.29) is 18.1 Å². The number of hydrogen-bond acceptors (Lipinski definition) is 6. The molecule has 2 unspecified atom stereocenters. The van der Waals surface area contributed by atoms with Crippen molar-refractivity contribution < 1.29 is 14.3 Å². The smallest absolute Gasteiger partial charge is 0.255 e. The Hall–Kier alpha value is -2.48. The number of nitrogens with one attached hydrogen (secondary N) is 1. The number of carbonyl (C=O) groups excluding carboxylic acids is 1. The lowest BCUT2D eigenvalue weighted by Crippen LogP contribution is -2.44. The number of pyridine rings is 1. The predicted octanol–water partition coefficient (Wildman–Crippen LogP) is 2.78. The Morgan fingerprint density at radius 3 is 2.50 bits per heavy atom. The van der Waals surface area contributed by atoms with E-state index < -0.39 is 0 Å². The minimum absolute atomic E-state index is 0.127. The number of carbonyl (C=O) groups is 1. The summed E-state index contributed by atoms with van der Waals surface area (Å²) in [4.78, 5) is 21.9. The molecule has 1 aromatic heterocycles. The van der Waals surface area contributed by atoms with Crippen LogP contribution in [0.3, 0.4) is 0 Å². The third kappa shape index (κ3) is 5.16. The van der Waals surface area contributed by atoms with Crippen molar-refractivity contribution in [1.29, 1.82) is 0 Å². The van der Waals surface area contributed by atoms with Crippen LogP contribution in [-0.4, -0.2) is 67.4 Å². The van der Waals surface area contributed by atoms with Crippen molar-refractivity contribution in [2.75, 3.05) is 49.6 Å². The van der Waals surface area contributed by atoms with E-state index in [9.17, 15) is 4.79 Å². The number of ether oxygens (including phenoxy) is 2. The monoisotopic (exact) mass is 410 g/mol. The maximum atomic E-state index is 12.8. The minimum atomic E-state index is -0.127. The first kappa shape index (κ1) is 20.8. The Kier molecular flexibility index (Phi) is 6.62. The molecule has 1 N–H and O–H groups in total. The lowest BCUT2D eigenvalue weighted by Gasteiger charge is -2.35. The molecule has 0 spiro atoms. The molecule has 7 nitrogen and oxygen atoms in total. The first-order valence-electron chi connectivity index (χ1n) is 10.6. The van der Waals surface area contributed by atoms with Crippen LogP contribution in [-0.2, 0) is 16.0 Å². The van der Waals surface area contributed by atoms with Gasteiger partial charge >= 0.3 is 0 Å². The fourth-order valence-corrected chi connectivity index (χ4v) is 4.15. The molecule has 30 heavy (non-hydrogen) atoms. The second kappa shape index (κ2) is 9.55. The van der Waals surface area contributed by atoms with E-state index in [1.165, 1.54) is 5.56 Å². The van der Waals surface area contributed by atoms with Crippen molar-refractivity contribution in [2.45, 2.75) is 32.6 Å². The zero-order valence-corrected chi connectivity index (χ0v) is 17.7. The van der Waals surface area contributed by atoms with Crippen molar-refractivity contribution in [3.05, 3.63) is 53.7 Å². The lowest BCUT2D eigenvalue weighted by atomic mass is 10.1. The highest BCUT2D eigenvalue weighted by Crippen LogP contribution is 2.24. The number of nitrogens with zero attached hydrogens (tertiary/aromatic N) is 3. The van der Waals surface area contributed by atoms with Gasteiger partial charge in [-0.2, -0.15) is 0 Å². The molecule has 2 aromatic rings. The van der Waals surface area contributed by atoms with Gasteiger partial charge in [0.15, 0.2) is 5.82 Å². The third-order valence-corrected chi connectivity index (χ3v) is 5.46. The first-order chi connectivity index (χ1) is 14.6. The zero-order chi connectivity index (χ0) is 20.9. The van der Waals surface area contributed by atoms with Crippen LogP contribution in [0.15, 0.2) is 42.6 Å². The summed E-state index contributed by atoms with van der Waals surface area (Å²) in [6, 6.07) is 11.6. The number of rotatable bonds is 5. The van der Waals surface area contributed by atoms with Crippen molar-refractivity contribution >= 4 is 17.4 Å². The molecule has 2 atom stereocenters. The zero-order valence-electron chi connectivity index (χ0n) is 17.7. The molecule has 3 heterocycles. The Morgan fingerprint density at radius 2 is 1.80 bits per heavy atom. The summed E-state index contributed by atoms with van der Waals surface area (Å²) in [5.74, 6) is 0.666. The molecular weight excluding hydrogens is 380 g/mol. The number of amides is 1. The number of benzene rings is 1. The molecule has 1 amide bonds. The summed E-state index contributed by atoms with van der Waals surface area (Å²) in [6.45, 7) is 9.83. The maximum Gasteiger partial charge on any atom is 0.255 e. The second-order valence-corrected chi connectivity index (χ2v) is 8.08. The van der Waals surface area contributed by atoms with Gasteiger partial charge in [0, 0.05) is 44.5 Å². The molecule has 2 aliphatic rings. The number of aromatic nitrogens is 1.